The van der Waals surface area contributed by atoms with Gasteiger partial charge in [0.25, 0.3) is 0 Å². The zero-order valence-electron chi connectivity index (χ0n) is 11.4. The molecule has 0 saturated carbocycles. The quantitative estimate of drug-likeness (QED) is 0.739. The molecule has 2 heterocycles. The Hall–Kier alpha value is -2.24. The molecular weight excluding hydrogens is 320 g/mol. The van der Waals surface area contributed by atoms with Crippen LogP contribution in [0.15, 0.2) is 48.0 Å². The molecule has 6 heteroatoms. The van der Waals surface area contributed by atoms with Crippen LogP contribution < -0.4 is 14.8 Å². The zero-order valence-corrected chi connectivity index (χ0v) is 12.9. The molecule has 0 amide bonds. The fourth-order valence-electron chi connectivity index (χ4n) is 2.38. The van der Waals surface area contributed by atoms with Crippen molar-refractivity contribution in [3.63, 3.8) is 0 Å². The molecule has 3 aromatic rings. The molecule has 1 aliphatic rings. The molecule has 22 heavy (non-hydrogen) atoms. The number of aromatic nitrogens is 1. The molecule has 1 aromatic heterocycles. The van der Waals surface area contributed by atoms with E-state index in [4.69, 9.17) is 21.1 Å². The lowest BCUT2D eigenvalue weighted by molar-refractivity contribution is 0.174. The molecule has 4 rings (SSSR count). The van der Waals surface area contributed by atoms with E-state index in [2.05, 4.69) is 10.3 Å². The summed E-state index contributed by atoms with van der Waals surface area (Å²) >= 11 is 7.53. The Bertz CT molecular complexity index is 804. The van der Waals surface area contributed by atoms with E-state index in [9.17, 15) is 0 Å². The highest BCUT2D eigenvalue weighted by atomic mass is 35.5. The number of fused-ring (bicyclic) bond motifs is 1. The first-order chi connectivity index (χ1) is 10.8. The van der Waals surface area contributed by atoms with Crippen molar-refractivity contribution in [3.05, 3.63) is 53.0 Å². The highest BCUT2D eigenvalue weighted by Crippen LogP contribution is 2.46. The van der Waals surface area contributed by atoms with E-state index in [1.165, 1.54) is 0 Å². The molecule has 0 spiro atoms. The van der Waals surface area contributed by atoms with Gasteiger partial charge < -0.3 is 14.8 Å². The van der Waals surface area contributed by atoms with Crippen LogP contribution >= 0.6 is 22.9 Å². The van der Waals surface area contributed by atoms with Crippen LogP contribution in [0, 0.1) is 0 Å². The van der Waals surface area contributed by atoms with E-state index >= 15 is 0 Å². The summed E-state index contributed by atoms with van der Waals surface area (Å²) < 4.78 is 11.1. The van der Waals surface area contributed by atoms with E-state index in [-0.39, 0.29) is 6.79 Å². The molecule has 0 saturated heterocycles. The average molecular weight is 331 g/mol. The summed E-state index contributed by atoms with van der Waals surface area (Å²) in [4.78, 5) is 4.27. The highest BCUT2D eigenvalue weighted by molar-refractivity contribution is 7.13. The fourth-order valence-corrected chi connectivity index (χ4v) is 3.05. The number of ether oxygens (including phenoxy) is 2. The van der Waals surface area contributed by atoms with Crippen molar-refractivity contribution in [2.45, 2.75) is 0 Å². The number of rotatable bonds is 3. The van der Waals surface area contributed by atoms with E-state index in [1.807, 2.05) is 41.8 Å². The van der Waals surface area contributed by atoms with Gasteiger partial charge in [0, 0.05) is 16.6 Å². The van der Waals surface area contributed by atoms with E-state index in [0.717, 1.165) is 33.4 Å². The maximum Gasteiger partial charge on any atom is 0.231 e. The Morgan fingerprint density at radius 2 is 1.95 bits per heavy atom. The van der Waals surface area contributed by atoms with Crippen LogP contribution in [0.25, 0.3) is 11.1 Å². The third-order valence-electron chi connectivity index (χ3n) is 3.35. The molecule has 0 atom stereocenters. The number of benzene rings is 2. The smallest absolute Gasteiger partial charge is 0.231 e. The number of nitrogens with one attached hydrogen (secondary N) is 1. The van der Waals surface area contributed by atoms with Gasteiger partial charge in [0.2, 0.25) is 6.79 Å². The van der Waals surface area contributed by atoms with Crippen LogP contribution in [-0.4, -0.2) is 11.8 Å². The van der Waals surface area contributed by atoms with Crippen molar-refractivity contribution >= 4 is 33.8 Å². The zero-order chi connectivity index (χ0) is 14.9. The third kappa shape index (κ3) is 2.38. The van der Waals surface area contributed by atoms with Gasteiger partial charge in [-0.05, 0) is 29.8 Å². The number of hydrogen-bond donors (Lipinski definition) is 1. The van der Waals surface area contributed by atoms with E-state index in [0.29, 0.717) is 5.02 Å². The summed E-state index contributed by atoms with van der Waals surface area (Å²) in [6, 6.07) is 11.5. The Morgan fingerprint density at radius 1 is 1.09 bits per heavy atom. The van der Waals surface area contributed by atoms with Gasteiger partial charge in [-0.25, -0.2) is 4.98 Å². The summed E-state index contributed by atoms with van der Waals surface area (Å²) in [5.41, 5.74) is 2.87. The van der Waals surface area contributed by atoms with Crippen molar-refractivity contribution in [1.29, 1.82) is 0 Å². The maximum atomic E-state index is 5.99. The summed E-state index contributed by atoms with van der Waals surface area (Å²) in [6.07, 6.45) is 1.77. The lowest BCUT2D eigenvalue weighted by Crippen LogP contribution is -1.96. The van der Waals surface area contributed by atoms with Crippen LogP contribution in [-0.2, 0) is 0 Å². The predicted octanol–water partition coefficient (Wildman–Crippen LogP) is 4.94. The second-order valence-electron chi connectivity index (χ2n) is 4.69. The van der Waals surface area contributed by atoms with Crippen molar-refractivity contribution in [2.24, 2.45) is 0 Å². The largest absolute Gasteiger partial charge is 0.454 e. The van der Waals surface area contributed by atoms with Gasteiger partial charge in [0.15, 0.2) is 16.6 Å². The van der Waals surface area contributed by atoms with Crippen LogP contribution in [0.5, 0.6) is 11.5 Å². The van der Waals surface area contributed by atoms with E-state index in [1.54, 1.807) is 17.5 Å². The number of hydrogen-bond acceptors (Lipinski definition) is 5. The first kappa shape index (κ1) is 13.4. The van der Waals surface area contributed by atoms with Gasteiger partial charge in [-0.3, -0.25) is 0 Å². The van der Waals surface area contributed by atoms with Crippen molar-refractivity contribution in [3.8, 4) is 22.6 Å². The molecule has 0 aliphatic carbocycles. The Balaban J connectivity index is 1.86. The molecule has 4 nitrogen and oxygen atoms in total. The fraction of sp³-hybridized carbons (Fsp3) is 0.0625. The van der Waals surface area contributed by atoms with Crippen LogP contribution in [0.1, 0.15) is 0 Å². The first-order valence-corrected chi connectivity index (χ1v) is 7.92. The standard InChI is InChI=1S/C16H11ClN2O2S/c17-11-3-1-10(2-4-11)14-12(19-16-18-7-8-22-16)5-6-13-15(14)21-9-20-13/h1-8H,9H2,(H,18,19). The molecule has 0 bridgehead atoms. The monoisotopic (exact) mass is 330 g/mol. The topological polar surface area (TPSA) is 43.4 Å². The van der Waals surface area contributed by atoms with Crippen LogP contribution in [0.2, 0.25) is 5.02 Å². The minimum absolute atomic E-state index is 0.233. The molecular formula is C16H11ClN2O2S. The lowest BCUT2D eigenvalue weighted by Gasteiger charge is -2.13. The summed E-state index contributed by atoms with van der Waals surface area (Å²) in [5.74, 6) is 1.48. The highest BCUT2D eigenvalue weighted by Gasteiger charge is 2.22. The molecule has 110 valence electrons. The molecule has 0 fully saturated rings. The summed E-state index contributed by atoms with van der Waals surface area (Å²) in [5, 5.41) is 6.79. The number of nitrogens with zero attached hydrogens (tertiary/aromatic N) is 1. The van der Waals surface area contributed by atoms with Crippen molar-refractivity contribution < 1.29 is 9.47 Å². The normalized spacial score (nSPS) is 12.4. The Morgan fingerprint density at radius 3 is 2.73 bits per heavy atom. The SMILES string of the molecule is Clc1ccc(-c2c(Nc3nccs3)ccc3c2OCO3)cc1. The van der Waals surface area contributed by atoms with Crippen LogP contribution in [0.3, 0.4) is 0 Å². The molecule has 0 radical (unpaired) electrons. The van der Waals surface area contributed by atoms with Crippen LogP contribution in [0.4, 0.5) is 10.8 Å². The molecule has 2 aromatic carbocycles. The van der Waals surface area contributed by atoms with Gasteiger partial charge in [0.1, 0.15) is 0 Å². The Labute approximate surface area is 136 Å². The third-order valence-corrected chi connectivity index (χ3v) is 4.29. The van der Waals surface area contributed by atoms with Crippen molar-refractivity contribution in [1.82, 2.24) is 4.98 Å². The second-order valence-corrected chi connectivity index (χ2v) is 6.02. The minimum Gasteiger partial charge on any atom is -0.454 e. The first-order valence-electron chi connectivity index (χ1n) is 6.66. The maximum absolute atomic E-state index is 5.99. The van der Waals surface area contributed by atoms with Gasteiger partial charge in [-0.2, -0.15) is 0 Å². The van der Waals surface area contributed by atoms with E-state index < -0.39 is 0 Å². The minimum atomic E-state index is 0.233. The second kappa shape index (κ2) is 5.51. The number of thiazole rings is 1. The van der Waals surface area contributed by atoms with Gasteiger partial charge in [-0.15, -0.1) is 11.3 Å². The number of halogens is 1. The van der Waals surface area contributed by atoms with Gasteiger partial charge >= 0.3 is 0 Å². The number of anilines is 2. The van der Waals surface area contributed by atoms with Gasteiger partial charge in [0.05, 0.1) is 11.3 Å². The summed E-state index contributed by atoms with van der Waals surface area (Å²) in [7, 11) is 0. The molecule has 0 unspecified atom stereocenters. The molecule has 1 N–H and O–H groups in total. The lowest BCUT2D eigenvalue weighted by atomic mass is 10.0. The average Bonchev–Trinajstić information content (AvgIpc) is 3.19. The van der Waals surface area contributed by atoms with Crippen molar-refractivity contribution in [2.75, 3.05) is 12.1 Å². The summed E-state index contributed by atoms with van der Waals surface area (Å²) in [6.45, 7) is 0.233. The van der Waals surface area contributed by atoms with Gasteiger partial charge in [-0.1, -0.05) is 23.7 Å². The Kier molecular flexibility index (Phi) is 3.36. The predicted molar refractivity (Wildman–Crippen MR) is 88.4 cm³/mol. The molecule has 1 aliphatic heterocycles.